The Morgan fingerprint density at radius 3 is 2.77 bits per heavy atom. The van der Waals surface area contributed by atoms with E-state index < -0.39 is 5.97 Å². The van der Waals surface area contributed by atoms with E-state index in [0.717, 1.165) is 6.54 Å². The monoisotopic (exact) mass is 184 g/mol. The number of likely N-dealkylation sites (N-methyl/N-ethyl adjacent to an activating group) is 1. The number of carboxylic acid groups (broad SMARTS) is 1. The fraction of sp³-hybridized carbons (Fsp3) is 0.571. The topological polar surface area (TPSA) is 82.1 Å². The summed E-state index contributed by atoms with van der Waals surface area (Å²) in [5.41, 5.74) is 0. The number of rotatable bonds is 4. The van der Waals surface area contributed by atoms with Crippen LogP contribution in [0.25, 0.3) is 0 Å². The van der Waals surface area contributed by atoms with Crippen LogP contribution < -0.4 is 0 Å². The van der Waals surface area contributed by atoms with Gasteiger partial charge in [-0.05, 0) is 14.1 Å². The van der Waals surface area contributed by atoms with Crippen LogP contribution in [0.1, 0.15) is 16.4 Å². The molecule has 0 atom stereocenters. The summed E-state index contributed by atoms with van der Waals surface area (Å²) < 4.78 is 0. The second-order valence-electron chi connectivity index (χ2n) is 2.96. The number of hydrogen-bond acceptors (Lipinski definition) is 4. The number of carbonyl (C=O) groups is 1. The average molecular weight is 184 g/mol. The Morgan fingerprint density at radius 2 is 2.31 bits per heavy atom. The standard InChI is InChI=1S/C7H12N4O2/c1-11(2)4-3-5-8-6(7(12)13)10-9-5/h3-4H2,1-2H3,(H,12,13)(H,8,9,10). The first kappa shape index (κ1) is 9.66. The highest BCUT2D eigenvalue weighted by Crippen LogP contribution is 1.94. The molecule has 0 bridgehead atoms. The first-order chi connectivity index (χ1) is 6.09. The maximum Gasteiger partial charge on any atom is 0.375 e. The minimum Gasteiger partial charge on any atom is -0.475 e. The SMILES string of the molecule is CN(C)CCc1nc(C(=O)O)n[nH]1. The van der Waals surface area contributed by atoms with E-state index in [-0.39, 0.29) is 5.82 Å². The molecule has 0 aliphatic rings. The van der Waals surface area contributed by atoms with Crippen molar-refractivity contribution in [2.45, 2.75) is 6.42 Å². The van der Waals surface area contributed by atoms with Crippen LogP contribution in [0.4, 0.5) is 0 Å². The fourth-order valence-electron chi connectivity index (χ4n) is 0.832. The van der Waals surface area contributed by atoms with Gasteiger partial charge in [0.15, 0.2) is 0 Å². The van der Waals surface area contributed by atoms with Crippen molar-refractivity contribution >= 4 is 5.97 Å². The molecule has 0 saturated heterocycles. The van der Waals surface area contributed by atoms with Crippen molar-refractivity contribution in [3.05, 3.63) is 11.6 Å². The molecule has 0 unspecified atom stereocenters. The minimum atomic E-state index is -1.10. The molecule has 0 aromatic carbocycles. The number of nitrogens with zero attached hydrogens (tertiary/aromatic N) is 3. The molecule has 1 rings (SSSR count). The van der Waals surface area contributed by atoms with Crippen LogP contribution in [0, 0.1) is 0 Å². The van der Waals surface area contributed by atoms with Gasteiger partial charge in [-0.2, -0.15) is 0 Å². The molecular weight excluding hydrogens is 172 g/mol. The molecule has 0 fully saturated rings. The van der Waals surface area contributed by atoms with Crippen molar-refractivity contribution in [3.8, 4) is 0 Å². The van der Waals surface area contributed by atoms with Crippen molar-refractivity contribution in [1.82, 2.24) is 20.1 Å². The second kappa shape index (κ2) is 3.99. The number of H-pyrrole nitrogens is 1. The van der Waals surface area contributed by atoms with Gasteiger partial charge in [-0.1, -0.05) is 0 Å². The summed E-state index contributed by atoms with van der Waals surface area (Å²) in [4.78, 5) is 16.2. The summed E-state index contributed by atoms with van der Waals surface area (Å²) in [6, 6.07) is 0. The first-order valence-corrected chi connectivity index (χ1v) is 3.89. The normalized spacial score (nSPS) is 10.7. The Labute approximate surface area is 75.6 Å². The van der Waals surface area contributed by atoms with Gasteiger partial charge >= 0.3 is 5.97 Å². The smallest absolute Gasteiger partial charge is 0.375 e. The van der Waals surface area contributed by atoms with Gasteiger partial charge in [0.1, 0.15) is 5.82 Å². The molecule has 2 N–H and O–H groups in total. The molecule has 6 nitrogen and oxygen atoms in total. The van der Waals surface area contributed by atoms with Crippen molar-refractivity contribution in [1.29, 1.82) is 0 Å². The van der Waals surface area contributed by atoms with Gasteiger partial charge < -0.3 is 10.0 Å². The number of hydrogen-bond donors (Lipinski definition) is 2. The highest BCUT2D eigenvalue weighted by atomic mass is 16.4. The van der Waals surface area contributed by atoms with Crippen LogP contribution in [0.3, 0.4) is 0 Å². The Kier molecular flexibility index (Phi) is 2.97. The van der Waals surface area contributed by atoms with Crippen molar-refractivity contribution in [3.63, 3.8) is 0 Å². The van der Waals surface area contributed by atoms with Gasteiger partial charge in [0.05, 0.1) is 0 Å². The molecule has 0 spiro atoms. The zero-order chi connectivity index (χ0) is 9.84. The molecule has 6 heteroatoms. The van der Waals surface area contributed by atoms with Crippen LogP contribution in [0.15, 0.2) is 0 Å². The number of carboxylic acids is 1. The highest BCUT2D eigenvalue weighted by molar-refractivity contribution is 5.82. The molecule has 72 valence electrons. The summed E-state index contributed by atoms with van der Waals surface area (Å²) >= 11 is 0. The summed E-state index contributed by atoms with van der Waals surface area (Å²) in [5.74, 6) is -0.674. The van der Waals surface area contributed by atoms with E-state index >= 15 is 0 Å². The van der Waals surface area contributed by atoms with Crippen LogP contribution in [0.2, 0.25) is 0 Å². The molecule has 0 saturated carbocycles. The lowest BCUT2D eigenvalue weighted by Crippen LogP contribution is -2.15. The fourth-order valence-corrected chi connectivity index (χ4v) is 0.832. The quantitative estimate of drug-likeness (QED) is 0.665. The number of nitrogens with one attached hydrogen (secondary N) is 1. The Hall–Kier alpha value is -1.43. The molecule has 1 heterocycles. The van der Waals surface area contributed by atoms with Gasteiger partial charge in [-0.3, -0.25) is 5.10 Å². The van der Waals surface area contributed by atoms with E-state index in [1.807, 2.05) is 19.0 Å². The largest absolute Gasteiger partial charge is 0.475 e. The van der Waals surface area contributed by atoms with E-state index in [2.05, 4.69) is 15.2 Å². The molecule has 0 aliphatic heterocycles. The molecule has 0 aliphatic carbocycles. The molecule has 1 aromatic heterocycles. The maximum absolute atomic E-state index is 10.4. The van der Waals surface area contributed by atoms with Crippen LogP contribution >= 0.6 is 0 Å². The van der Waals surface area contributed by atoms with Crippen molar-refractivity contribution < 1.29 is 9.90 Å². The predicted octanol–water partition coefficient (Wildman–Crippen LogP) is -0.393. The third-order valence-corrected chi connectivity index (χ3v) is 1.52. The highest BCUT2D eigenvalue weighted by Gasteiger charge is 2.09. The van der Waals surface area contributed by atoms with Gasteiger partial charge in [0.25, 0.3) is 5.82 Å². The molecular formula is C7H12N4O2. The molecule has 0 amide bonds. The zero-order valence-electron chi connectivity index (χ0n) is 7.61. The second-order valence-corrected chi connectivity index (χ2v) is 2.96. The number of aromatic carboxylic acids is 1. The maximum atomic E-state index is 10.4. The Morgan fingerprint density at radius 1 is 1.62 bits per heavy atom. The van der Waals surface area contributed by atoms with Crippen LogP contribution in [-0.2, 0) is 6.42 Å². The van der Waals surface area contributed by atoms with Gasteiger partial charge in [0, 0.05) is 13.0 Å². The lowest BCUT2D eigenvalue weighted by Gasteiger charge is -2.05. The van der Waals surface area contributed by atoms with E-state index in [1.165, 1.54) is 0 Å². The van der Waals surface area contributed by atoms with E-state index in [1.54, 1.807) is 0 Å². The van der Waals surface area contributed by atoms with Crippen molar-refractivity contribution in [2.24, 2.45) is 0 Å². The summed E-state index contributed by atoms with van der Waals surface area (Å²) in [7, 11) is 3.88. The third-order valence-electron chi connectivity index (χ3n) is 1.52. The molecule has 1 aromatic rings. The average Bonchev–Trinajstić information content (AvgIpc) is 2.48. The lowest BCUT2D eigenvalue weighted by molar-refractivity contribution is 0.0684. The van der Waals surface area contributed by atoms with Gasteiger partial charge in [-0.25, -0.2) is 9.78 Å². The van der Waals surface area contributed by atoms with E-state index in [9.17, 15) is 4.79 Å². The number of aromatic nitrogens is 3. The molecule has 13 heavy (non-hydrogen) atoms. The van der Waals surface area contributed by atoms with Gasteiger partial charge in [-0.15, -0.1) is 5.10 Å². The van der Waals surface area contributed by atoms with E-state index in [4.69, 9.17) is 5.11 Å². The summed E-state index contributed by atoms with van der Waals surface area (Å²) in [5, 5.41) is 14.6. The zero-order valence-corrected chi connectivity index (χ0v) is 7.61. The number of aromatic amines is 1. The Bertz CT molecular complexity index is 294. The van der Waals surface area contributed by atoms with Crippen LogP contribution in [0.5, 0.6) is 0 Å². The Balaban J connectivity index is 2.54. The van der Waals surface area contributed by atoms with Crippen molar-refractivity contribution in [2.75, 3.05) is 20.6 Å². The predicted molar refractivity (Wildman–Crippen MR) is 45.6 cm³/mol. The summed E-state index contributed by atoms with van der Waals surface area (Å²) in [6.07, 6.45) is 0.674. The minimum absolute atomic E-state index is 0.172. The van der Waals surface area contributed by atoms with E-state index in [0.29, 0.717) is 12.2 Å². The first-order valence-electron chi connectivity index (χ1n) is 3.89. The third kappa shape index (κ3) is 2.83. The molecule has 0 radical (unpaired) electrons. The summed E-state index contributed by atoms with van der Waals surface area (Å²) in [6.45, 7) is 0.814. The van der Waals surface area contributed by atoms with Gasteiger partial charge in [0.2, 0.25) is 0 Å². The lowest BCUT2D eigenvalue weighted by atomic mass is 10.4. The van der Waals surface area contributed by atoms with Crippen LogP contribution in [-0.4, -0.2) is 51.8 Å².